The molecule has 0 aliphatic rings. The van der Waals surface area contributed by atoms with E-state index in [9.17, 15) is 0 Å². The van der Waals surface area contributed by atoms with Crippen molar-refractivity contribution < 1.29 is 0 Å². The minimum Gasteiger partial charge on any atom is -0.0988 e. The van der Waals surface area contributed by atoms with Crippen molar-refractivity contribution in [1.29, 1.82) is 0 Å². The van der Waals surface area contributed by atoms with E-state index in [2.05, 4.69) is 40.9 Å². The van der Waals surface area contributed by atoms with Gasteiger partial charge in [-0.1, -0.05) is 53.0 Å². The lowest BCUT2D eigenvalue weighted by molar-refractivity contribution is 0.412. The second-order valence-electron chi connectivity index (χ2n) is 4.55. The summed E-state index contributed by atoms with van der Waals surface area (Å²) in [6.45, 7) is 16.6. The zero-order chi connectivity index (χ0) is 10.5. The van der Waals surface area contributed by atoms with Gasteiger partial charge in [-0.3, -0.25) is 0 Å². The first kappa shape index (κ1) is 12.2. The van der Waals surface area contributed by atoms with Gasteiger partial charge < -0.3 is 0 Å². The molecular weight excluding hydrogens is 156 g/mol. The highest BCUT2D eigenvalue weighted by atomic mass is 14.2. The quantitative estimate of drug-likeness (QED) is 0.556. The SMILES string of the molecule is C=C/C(CC)=C(\C=C)CC(C)(C)C. The molecule has 0 heterocycles. The van der Waals surface area contributed by atoms with Gasteiger partial charge in [0.25, 0.3) is 0 Å². The van der Waals surface area contributed by atoms with Gasteiger partial charge >= 0.3 is 0 Å². The number of hydrogen-bond donors (Lipinski definition) is 0. The Kier molecular flexibility index (Phi) is 4.76. The Morgan fingerprint density at radius 3 is 1.77 bits per heavy atom. The molecule has 0 atom stereocenters. The Labute approximate surface area is 83.0 Å². The Hall–Kier alpha value is -0.780. The zero-order valence-corrected chi connectivity index (χ0v) is 9.48. The molecule has 0 saturated heterocycles. The van der Waals surface area contributed by atoms with Gasteiger partial charge in [0, 0.05) is 0 Å². The molecule has 74 valence electrons. The molecule has 0 aliphatic heterocycles. The lowest BCUT2D eigenvalue weighted by Gasteiger charge is -2.20. The van der Waals surface area contributed by atoms with Crippen molar-refractivity contribution in [3.05, 3.63) is 36.5 Å². The molecule has 13 heavy (non-hydrogen) atoms. The number of rotatable bonds is 4. The van der Waals surface area contributed by atoms with Crippen molar-refractivity contribution in [2.45, 2.75) is 40.5 Å². The average molecular weight is 178 g/mol. The van der Waals surface area contributed by atoms with Gasteiger partial charge in [-0.2, -0.15) is 0 Å². The summed E-state index contributed by atoms with van der Waals surface area (Å²) in [5.41, 5.74) is 2.99. The van der Waals surface area contributed by atoms with E-state index in [0.717, 1.165) is 12.8 Å². The highest BCUT2D eigenvalue weighted by molar-refractivity contribution is 5.31. The van der Waals surface area contributed by atoms with E-state index in [0.29, 0.717) is 5.41 Å². The van der Waals surface area contributed by atoms with Crippen molar-refractivity contribution in [3.8, 4) is 0 Å². The normalized spacial score (nSPS) is 13.5. The minimum absolute atomic E-state index is 0.326. The predicted octanol–water partition coefficient (Wildman–Crippen LogP) is 4.50. The highest BCUT2D eigenvalue weighted by Crippen LogP contribution is 2.27. The van der Waals surface area contributed by atoms with Gasteiger partial charge in [0.15, 0.2) is 0 Å². The van der Waals surface area contributed by atoms with Gasteiger partial charge in [-0.25, -0.2) is 0 Å². The monoisotopic (exact) mass is 178 g/mol. The van der Waals surface area contributed by atoms with E-state index in [1.54, 1.807) is 0 Å². The van der Waals surface area contributed by atoms with Crippen LogP contribution in [0.4, 0.5) is 0 Å². The molecule has 0 radical (unpaired) electrons. The summed E-state index contributed by atoms with van der Waals surface area (Å²) in [6, 6.07) is 0. The van der Waals surface area contributed by atoms with Gasteiger partial charge in [-0.05, 0) is 29.4 Å². The summed E-state index contributed by atoms with van der Waals surface area (Å²) < 4.78 is 0. The molecule has 0 aromatic rings. The lowest BCUT2D eigenvalue weighted by Crippen LogP contribution is -2.06. The molecule has 0 aromatic carbocycles. The molecular formula is C13H22. The predicted molar refractivity (Wildman–Crippen MR) is 61.8 cm³/mol. The Bertz CT molecular complexity index is 211. The van der Waals surface area contributed by atoms with Crippen molar-refractivity contribution in [1.82, 2.24) is 0 Å². The summed E-state index contributed by atoms with van der Waals surface area (Å²) in [5, 5.41) is 0. The van der Waals surface area contributed by atoms with Crippen molar-refractivity contribution in [2.24, 2.45) is 5.41 Å². The van der Waals surface area contributed by atoms with Crippen LogP contribution in [0.2, 0.25) is 0 Å². The van der Waals surface area contributed by atoms with E-state index in [4.69, 9.17) is 0 Å². The third-order valence-corrected chi connectivity index (χ3v) is 2.01. The maximum Gasteiger partial charge on any atom is -0.0227 e. The fraction of sp³-hybridized carbons (Fsp3) is 0.538. The molecule has 0 saturated carbocycles. The van der Waals surface area contributed by atoms with Crippen LogP contribution in [0.3, 0.4) is 0 Å². The first-order valence-corrected chi connectivity index (χ1v) is 4.91. The first-order chi connectivity index (χ1) is 5.94. The fourth-order valence-electron chi connectivity index (χ4n) is 1.39. The summed E-state index contributed by atoms with van der Waals surface area (Å²) >= 11 is 0. The van der Waals surface area contributed by atoms with E-state index < -0.39 is 0 Å². The Morgan fingerprint density at radius 2 is 1.54 bits per heavy atom. The summed E-state index contributed by atoms with van der Waals surface area (Å²) in [4.78, 5) is 0. The van der Waals surface area contributed by atoms with E-state index in [1.807, 2.05) is 12.2 Å². The second-order valence-corrected chi connectivity index (χ2v) is 4.55. The fourth-order valence-corrected chi connectivity index (χ4v) is 1.39. The van der Waals surface area contributed by atoms with Crippen LogP contribution in [-0.2, 0) is 0 Å². The maximum atomic E-state index is 3.86. The van der Waals surface area contributed by atoms with Gasteiger partial charge in [0.1, 0.15) is 0 Å². The molecule has 0 unspecified atom stereocenters. The molecule has 0 fully saturated rings. The van der Waals surface area contributed by atoms with E-state index in [-0.39, 0.29) is 0 Å². The minimum atomic E-state index is 0.326. The third kappa shape index (κ3) is 4.72. The molecule has 0 heteroatoms. The zero-order valence-electron chi connectivity index (χ0n) is 9.48. The largest absolute Gasteiger partial charge is 0.0988 e. The smallest absolute Gasteiger partial charge is 0.0227 e. The number of allylic oxidation sites excluding steroid dienone is 4. The molecule has 0 N–H and O–H groups in total. The molecule has 0 rings (SSSR count). The summed E-state index contributed by atoms with van der Waals surface area (Å²) in [7, 11) is 0. The summed E-state index contributed by atoms with van der Waals surface area (Å²) in [6.07, 6.45) is 6.03. The standard InChI is InChI=1S/C13H22/c1-7-11(8-2)12(9-3)10-13(4,5)6/h7,9H,1,3,8,10H2,2,4-6H3/b12-11-. The van der Waals surface area contributed by atoms with Crippen LogP contribution in [0.25, 0.3) is 0 Å². The Balaban J connectivity index is 4.77. The van der Waals surface area contributed by atoms with Crippen LogP contribution in [-0.4, -0.2) is 0 Å². The molecule has 0 nitrogen and oxygen atoms in total. The highest BCUT2D eigenvalue weighted by Gasteiger charge is 2.12. The van der Waals surface area contributed by atoms with Crippen LogP contribution in [0.1, 0.15) is 40.5 Å². The van der Waals surface area contributed by atoms with Gasteiger partial charge in [0.2, 0.25) is 0 Å². The van der Waals surface area contributed by atoms with Crippen molar-refractivity contribution >= 4 is 0 Å². The molecule has 0 bridgehead atoms. The maximum absolute atomic E-state index is 3.86. The second kappa shape index (κ2) is 5.06. The molecule has 0 spiro atoms. The van der Waals surface area contributed by atoms with Crippen molar-refractivity contribution in [2.75, 3.05) is 0 Å². The van der Waals surface area contributed by atoms with E-state index in [1.165, 1.54) is 11.1 Å². The third-order valence-electron chi connectivity index (χ3n) is 2.01. The van der Waals surface area contributed by atoms with E-state index >= 15 is 0 Å². The van der Waals surface area contributed by atoms with Crippen LogP contribution in [0.15, 0.2) is 36.5 Å². The topological polar surface area (TPSA) is 0 Å². The van der Waals surface area contributed by atoms with Crippen LogP contribution in [0.5, 0.6) is 0 Å². The van der Waals surface area contributed by atoms with Crippen LogP contribution >= 0.6 is 0 Å². The number of hydrogen-bond acceptors (Lipinski definition) is 0. The van der Waals surface area contributed by atoms with Gasteiger partial charge in [-0.15, -0.1) is 0 Å². The lowest BCUT2D eigenvalue weighted by atomic mass is 9.85. The van der Waals surface area contributed by atoms with Crippen molar-refractivity contribution in [3.63, 3.8) is 0 Å². The van der Waals surface area contributed by atoms with Crippen LogP contribution in [0, 0.1) is 5.41 Å². The molecule has 0 amide bonds. The van der Waals surface area contributed by atoms with Gasteiger partial charge in [0.05, 0.1) is 0 Å². The van der Waals surface area contributed by atoms with Crippen LogP contribution < -0.4 is 0 Å². The summed E-state index contributed by atoms with van der Waals surface area (Å²) in [5.74, 6) is 0. The first-order valence-electron chi connectivity index (χ1n) is 4.91. The average Bonchev–Trinajstić information content (AvgIpc) is 2.02. The molecule has 0 aromatic heterocycles. The Morgan fingerprint density at radius 1 is 1.08 bits per heavy atom. The molecule has 0 aliphatic carbocycles.